The number of aromatic nitrogens is 2. The molecule has 1 atom stereocenters. The average Bonchev–Trinajstić information content (AvgIpc) is 3.25. The van der Waals surface area contributed by atoms with Gasteiger partial charge in [0.25, 0.3) is 5.56 Å². The summed E-state index contributed by atoms with van der Waals surface area (Å²) in [6.07, 6.45) is 0. The maximum absolute atomic E-state index is 13.3. The third-order valence-corrected chi connectivity index (χ3v) is 5.52. The third-order valence-electron chi connectivity index (χ3n) is 5.52. The molecule has 0 fully saturated rings. The molecule has 1 aliphatic carbocycles. The summed E-state index contributed by atoms with van der Waals surface area (Å²) < 4.78 is 8.30. The van der Waals surface area contributed by atoms with Crippen molar-refractivity contribution in [3.05, 3.63) is 91.0 Å². The number of hydrogen-bond acceptors (Lipinski definition) is 5. The van der Waals surface area contributed by atoms with Crippen LogP contribution in [0.4, 0.5) is 5.82 Å². The predicted molar refractivity (Wildman–Crippen MR) is 104 cm³/mol. The second kappa shape index (κ2) is 5.45. The molecule has 28 heavy (non-hydrogen) atoms. The molecule has 0 amide bonds. The number of furan rings is 1. The zero-order valence-corrected chi connectivity index (χ0v) is 15.6. The summed E-state index contributed by atoms with van der Waals surface area (Å²) in [5.74, 6) is 0.742. The summed E-state index contributed by atoms with van der Waals surface area (Å²) in [6, 6.07) is 10.9. The first-order valence-electron chi connectivity index (χ1n) is 8.91. The van der Waals surface area contributed by atoms with Crippen molar-refractivity contribution in [2.75, 3.05) is 5.32 Å². The number of fused-ring (bicyclic) bond motifs is 3. The Labute approximate surface area is 159 Å². The Bertz CT molecular complexity index is 1340. The van der Waals surface area contributed by atoms with Gasteiger partial charge in [-0.25, -0.2) is 4.79 Å². The van der Waals surface area contributed by atoms with Crippen LogP contribution in [0, 0.1) is 6.92 Å². The second-order valence-corrected chi connectivity index (χ2v) is 7.14. The van der Waals surface area contributed by atoms with Gasteiger partial charge in [-0.3, -0.25) is 18.7 Å². The number of nitrogens with one attached hydrogen (secondary N) is 1. The smallest absolute Gasteiger partial charge is 0.332 e. The van der Waals surface area contributed by atoms with Gasteiger partial charge >= 0.3 is 5.69 Å². The second-order valence-electron chi connectivity index (χ2n) is 7.14. The molecule has 1 aromatic carbocycles. The van der Waals surface area contributed by atoms with E-state index in [-0.39, 0.29) is 5.78 Å². The van der Waals surface area contributed by atoms with Gasteiger partial charge in [0.1, 0.15) is 17.3 Å². The van der Waals surface area contributed by atoms with Crippen LogP contribution in [-0.2, 0) is 14.1 Å². The van der Waals surface area contributed by atoms with E-state index in [9.17, 15) is 14.4 Å². The lowest BCUT2D eigenvalue weighted by Crippen LogP contribution is -2.42. The lowest BCUT2D eigenvalue weighted by Gasteiger charge is -2.28. The molecule has 3 heterocycles. The lowest BCUT2D eigenvalue weighted by atomic mass is 9.85. The summed E-state index contributed by atoms with van der Waals surface area (Å²) in [6.45, 7) is 1.81. The molecule has 0 saturated heterocycles. The van der Waals surface area contributed by atoms with Crippen molar-refractivity contribution in [2.45, 2.75) is 12.8 Å². The van der Waals surface area contributed by atoms with Crippen molar-refractivity contribution in [3.8, 4) is 0 Å². The molecule has 0 spiro atoms. The Balaban J connectivity index is 1.90. The number of rotatable bonds is 1. The van der Waals surface area contributed by atoms with Gasteiger partial charge < -0.3 is 9.73 Å². The van der Waals surface area contributed by atoms with Crippen molar-refractivity contribution < 1.29 is 9.21 Å². The van der Waals surface area contributed by atoms with E-state index >= 15 is 0 Å². The highest BCUT2D eigenvalue weighted by Gasteiger charge is 2.43. The minimum Gasteiger partial charge on any atom is -0.465 e. The van der Waals surface area contributed by atoms with E-state index in [1.807, 2.05) is 25.1 Å². The van der Waals surface area contributed by atoms with Crippen molar-refractivity contribution in [2.24, 2.45) is 14.1 Å². The minimum absolute atomic E-state index is 0.140. The first kappa shape index (κ1) is 16.6. The lowest BCUT2D eigenvalue weighted by molar-refractivity contribution is 0.103. The molecule has 140 valence electrons. The van der Waals surface area contributed by atoms with Gasteiger partial charge in [0, 0.05) is 30.8 Å². The fourth-order valence-electron chi connectivity index (χ4n) is 4.15. The number of anilines is 1. The zero-order chi connectivity index (χ0) is 19.7. The number of allylic oxidation sites excluding steroid dienone is 1. The average molecular weight is 375 g/mol. The van der Waals surface area contributed by atoms with E-state index in [0.717, 1.165) is 10.1 Å². The van der Waals surface area contributed by atoms with Crippen LogP contribution in [0.2, 0.25) is 0 Å². The summed E-state index contributed by atoms with van der Waals surface area (Å²) >= 11 is 0. The number of carbonyl (C=O) groups is 1. The van der Waals surface area contributed by atoms with Crippen LogP contribution in [0.3, 0.4) is 0 Å². The minimum atomic E-state index is -0.689. The SMILES string of the molecule is Cc1ccc(C2C3=C(Nc4c2c(=O)n(C)c(=O)n4C)c2ccccc2C3=O)o1. The largest absolute Gasteiger partial charge is 0.465 e. The number of benzene rings is 1. The van der Waals surface area contributed by atoms with E-state index < -0.39 is 17.2 Å². The van der Waals surface area contributed by atoms with Gasteiger partial charge in [0.15, 0.2) is 5.78 Å². The van der Waals surface area contributed by atoms with Crippen molar-refractivity contribution >= 4 is 17.3 Å². The van der Waals surface area contributed by atoms with Crippen LogP contribution in [0.1, 0.15) is 38.9 Å². The normalized spacial score (nSPS) is 17.2. The Morgan fingerprint density at radius 1 is 0.964 bits per heavy atom. The van der Waals surface area contributed by atoms with Gasteiger partial charge in [0.2, 0.25) is 0 Å². The quantitative estimate of drug-likeness (QED) is 0.704. The predicted octanol–water partition coefficient (Wildman–Crippen LogP) is 2.15. The fraction of sp³-hybridized carbons (Fsp3) is 0.190. The molecule has 5 rings (SSSR count). The van der Waals surface area contributed by atoms with Crippen LogP contribution in [0.5, 0.6) is 0 Å². The molecular formula is C21H17N3O4. The van der Waals surface area contributed by atoms with E-state index in [1.165, 1.54) is 11.6 Å². The number of aryl methyl sites for hydroxylation is 1. The molecule has 1 aliphatic heterocycles. The van der Waals surface area contributed by atoms with Crippen LogP contribution in [0.15, 0.2) is 56.0 Å². The number of hydrogen-bond donors (Lipinski definition) is 1. The topological polar surface area (TPSA) is 86.2 Å². The van der Waals surface area contributed by atoms with Crippen LogP contribution < -0.4 is 16.6 Å². The molecule has 0 bridgehead atoms. The van der Waals surface area contributed by atoms with Crippen LogP contribution >= 0.6 is 0 Å². The summed E-state index contributed by atoms with van der Waals surface area (Å²) in [7, 11) is 3.04. The molecule has 7 nitrogen and oxygen atoms in total. The standard InChI is InChI=1S/C21H17N3O4/c1-10-8-9-13(28-10)14-15-17(11-6-4-5-7-12(11)18(15)25)22-19-16(14)20(26)24(3)21(27)23(19)2/h4-9,14,22H,1-3H3. The fourth-order valence-corrected chi connectivity index (χ4v) is 4.15. The number of Topliss-reactive ketones (excluding diaryl/α,β-unsaturated/α-hetero) is 1. The van der Waals surface area contributed by atoms with Crippen molar-refractivity contribution in [1.82, 2.24) is 9.13 Å². The van der Waals surface area contributed by atoms with Crippen molar-refractivity contribution in [1.29, 1.82) is 0 Å². The third kappa shape index (κ3) is 1.95. The maximum Gasteiger partial charge on any atom is 0.332 e. The van der Waals surface area contributed by atoms with Gasteiger partial charge in [-0.05, 0) is 19.1 Å². The highest BCUT2D eigenvalue weighted by Crippen LogP contribution is 2.47. The molecule has 2 aliphatic rings. The highest BCUT2D eigenvalue weighted by atomic mass is 16.3. The van der Waals surface area contributed by atoms with Gasteiger partial charge in [-0.2, -0.15) is 0 Å². The summed E-state index contributed by atoms with van der Waals surface area (Å²) in [5, 5.41) is 3.20. The monoisotopic (exact) mass is 375 g/mol. The summed E-state index contributed by atoms with van der Waals surface area (Å²) in [5.41, 5.74) is 1.87. The van der Waals surface area contributed by atoms with E-state index in [2.05, 4.69) is 5.32 Å². The highest BCUT2D eigenvalue weighted by molar-refractivity contribution is 6.23. The van der Waals surface area contributed by atoms with E-state index in [4.69, 9.17) is 4.42 Å². The molecule has 3 aromatic rings. The molecular weight excluding hydrogens is 358 g/mol. The zero-order valence-electron chi connectivity index (χ0n) is 15.6. The van der Waals surface area contributed by atoms with Gasteiger partial charge in [0.05, 0.1) is 17.2 Å². The Kier molecular flexibility index (Phi) is 3.22. The number of ketones is 1. The molecule has 7 heteroatoms. The molecule has 0 saturated carbocycles. The van der Waals surface area contributed by atoms with Gasteiger partial charge in [-0.15, -0.1) is 0 Å². The Hall–Kier alpha value is -3.61. The van der Waals surface area contributed by atoms with Gasteiger partial charge in [-0.1, -0.05) is 24.3 Å². The number of carbonyl (C=O) groups excluding carboxylic acids is 1. The molecule has 1 unspecified atom stereocenters. The number of nitrogens with zero attached hydrogens (tertiary/aromatic N) is 2. The van der Waals surface area contributed by atoms with E-state index in [0.29, 0.717) is 39.7 Å². The maximum atomic E-state index is 13.3. The van der Waals surface area contributed by atoms with E-state index in [1.54, 1.807) is 25.2 Å². The van der Waals surface area contributed by atoms with Crippen molar-refractivity contribution in [3.63, 3.8) is 0 Å². The van der Waals surface area contributed by atoms with Crippen LogP contribution in [0.25, 0.3) is 5.70 Å². The molecule has 0 radical (unpaired) electrons. The molecule has 1 N–H and O–H groups in total. The first-order valence-corrected chi connectivity index (χ1v) is 8.91. The Morgan fingerprint density at radius 3 is 2.36 bits per heavy atom. The summed E-state index contributed by atoms with van der Waals surface area (Å²) in [4.78, 5) is 38.8. The Morgan fingerprint density at radius 2 is 1.68 bits per heavy atom. The first-order chi connectivity index (χ1) is 13.4. The van der Waals surface area contributed by atoms with Crippen LogP contribution in [-0.4, -0.2) is 14.9 Å². The molecule has 2 aromatic heterocycles.